The third-order valence-corrected chi connectivity index (χ3v) is 5.15. The second-order valence-corrected chi connectivity index (χ2v) is 6.93. The Morgan fingerprint density at radius 3 is 2.83 bits per heavy atom. The topological polar surface area (TPSA) is 62.2 Å². The molecule has 5 heteroatoms. The summed E-state index contributed by atoms with van der Waals surface area (Å²) in [5.41, 5.74) is 4.07. The van der Waals surface area contributed by atoms with Gasteiger partial charge in [-0.1, -0.05) is 30.3 Å². The molecule has 120 valence electrons. The van der Waals surface area contributed by atoms with E-state index in [1.807, 2.05) is 36.4 Å². The van der Waals surface area contributed by atoms with Crippen molar-refractivity contribution in [2.24, 2.45) is 0 Å². The van der Waals surface area contributed by atoms with E-state index in [9.17, 15) is 9.90 Å². The van der Waals surface area contributed by atoms with Gasteiger partial charge < -0.3 is 10.4 Å². The van der Waals surface area contributed by atoms with Crippen molar-refractivity contribution < 1.29 is 9.90 Å². The van der Waals surface area contributed by atoms with E-state index in [1.165, 1.54) is 16.2 Å². The number of nitrogens with one attached hydrogen (secondary N) is 1. The largest absolute Gasteiger partial charge is 0.508 e. The number of thiazole rings is 1. The summed E-state index contributed by atoms with van der Waals surface area (Å²) < 4.78 is 0. The van der Waals surface area contributed by atoms with Gasteiger partial charge in [0.2, 0.25) is 5.91 Å². The molecule has 0 atom stereocenters. The van der Waals surface area contributed by atoms with Crippen molar-refractivity contribution in [2.75, 3.05) is 5.32 Å². The second kappa shape index (κ2) is 6.09. The molecule has 0 saturated carbocycles. The van der Waals surface area contributed by atoms with Crippen LogP contribution in [0.4, 0.5) is 5.13 Å². The molecular formula is C19H16N2O2S. The standard InChI is InChI=1S/C19H16N2O2S/c22-14-7-8-15-13(11-14)6-9-16-18(15)21-19(24-16)20-17(23)10-12-4-2-1-3-5-12/h1-5,7-8,11,22H,6,9-10H2,(H,20,21,23). The van der Waals surface area contributed by atoms with Gasteiger partial charge in [0.15, 0.2) is 5.13 Å². The Morgan fingerprint density at radius 1 is 1.17 bits per heavy atom. The van der Waals surface area contributed by atoms with Gasteiger partial charge in [-0.2, -0.15) is 0 Å². The maximum absolute atomic E-state index is 12.2. The number of hydrogen-bond donors (Lipinski definition) is 2. The van der Waals surface area contributed by atoms with E-state index in [4.69, 9.17) is 0 Å². The number of anilines is 1. The van der Waals surface area contributed by atoms with Crippen LogP contribution in [0.25, 0.3) is 11.3 Å². The van der Waals surface area contributed by atoms with Gasteiger partial charge in [-0.05, 0) is 42.2 Å². The van der Waals surface area contributed by atoms with Crippen LogP contribution < -0.4 is 5.32 Å². The number of benzene rings is 2. The van der Waals surface area contributed by atoms with Gasteiger partial charge in [0.05, 0.1) is 12.1 Å². The summed E-state index contributed by atoms with van der Waals surface area (Å²) >= 11 is 1.54. The quantitative estimate of drug-likeness (QED) is 0.765. The number of carbonyl (C=O) groups is 1. The molecule has 1 amide bonds. The molecule has 0 bridgehead atoms. The third-order valence-electron chi connectivity index (χ3n) is 4.12. The molecule has 0 fully saturated rings. The molecule has 0 aliphatic heterocycles. The first kappa shape index (κ1) is 14.9. The van der Waals surface area contributed by atoms with Gasteiger partial charge in [0, 0.05) is 10.4 Å². The lowest BCUT2D eigenvalue weighted by molar-refractivity contribution is -0.115. The highest BCUT2D eigenvalue weighted by molar-refractivity contribution is 7.16. The van der Waals surface area contributed by atoms with Gasteiger partial charge in [-0.15, -0.1) is 11.3 Å². The molecule has 0 spiro atoms. The van der Waals surface area contributed by atoms with Crippen LogP contribution in [0.2, 0.25) is 0 Å². The highest BCUT2D eigenvalue weighted by Gasteiger charge is 2.21. The molecule has 24 heavy (non-hydrogen) atoms. The average Bonchev–Trinajstić information content (AvgIpc) is 2.98. The number of hydrogen-bond acceptors (Lipinski definition) is 4. The summed E-state index contributed by atoms with van der Waals surface area (Å²) in [6.07, 6.45) is 2.11. The molecule has 2 N–H and O–H groups in total. The molecule has 4 nitrogen and oxygen atoms in total. The number of amides is 1. The molecule has 0 saturated heterocycles. The van der Waals surface area contributed by atoms with Gasteiger partial charge in [0.25, 0.3) is 0 Å². The number of aromatic nitrogens is 1. The van der Waals surface area contributed by atoms with E-state index >= 15 is 0 Å². The Labute approximate surface area is 143 Å². The summed E-state index contributed by atoms with van der Waals surface area (Å²) in [5.74, 6) is 0.224. The molecular weight excluding hydrogens is 320 g/mol. The van der Waals surface area contributed by atoms with Crippen molar-refractivity contribution in [3.05, 3.63) is 64.5 Å². The van der Waals surface area contributed by atoms with Gasteiger partial charge >= 0.3 is 0 Å². The molecule has 2 aromatic carbocycles. The summed E-state index contributed by atoms with van der Waals surface area (Å²) in [6, 6.07) is 15.0. The number of aryl methyl sites for hydroxylation is 2. The minimum Gasteiger partial charge on any atom is -0.508 e. The number of phenols is 1. The lowest BCUT2D eigenvalue weighted by atomic mass is 9.93. The summed E-state index contributed by atoms with van der Waals surface area (Å²) in [5, 5.41) is 13.2. The van der Waals surface area contributed by atoms with E-state index in [0.717, 1.165) is 35.2 Å². The number of carbonyl (C=O) groups excluding carboxylic acids is 1. The summed E-state index contributed by atoms with van der Waals surface area (Å²) in [6.45, 7) is 0. The van der Waals surface area contributed by atoms with Gasteiger partial charge in [-0.3, -0.25) is 4.79 Å². The molecule has 0 radical (unpaired) electrons. The predicted molar refractivity (Wildman–Crippen MR) is 95.4 cm³/mol. The average molecular weight is 336 g/mol. The van der Waals surface area contributed by atoms with Crippen molar-refractivity contribution >= 4 is 22.4 Å². The van der Waals surface area contributed by atoms with E-state index < -0.39 is 0 Å². The zero-order valence-electron chi connectivity index (χ0n) is 13.0. The Hall–Kier alpha value is -2.66. The lowest BCUT2D eigenvalue weighted by Crippen LogP contribution is -2.14. The summed E-state index contributed by atoms with van der Waals surface area (Å²) in [7, 11) is 0. The van der Waals surface area contributed by atoms with Crippen molar-refractivity contribution in [1.29, 1.82) is 0 Å². The van der Waals surface area contributed by atoms with Crippen molar-refractivity contribution in [3.63, 3.8) is 0 Å². The van der Waals surface area contributed by atoms with E-state index in [1.54, 1.807) is 12.1 Å². The van der Waals surface area contributed by atoms with Crippen LogP contribution in [0.5, 0.6) is 5.75 Å². The predicted octanol–water partition coefficient (Wildman–Crippen LogP) is 3.80. The molecule has 1 heterocycles. The Balaban J connectivity index is 1.55. The molecule has 3 aromatic rings. The van der Waals surface area contributed by atoms with Crippen LogP contribution in [0, 0.1) is 0 Å². The summed E-state index contributed by atoms with van der Waals surface area (Å²) in [4.78, 5) is 18.0. The van der Waals surface area contributed by atoms with Crippen molar-refractivity contribution in [2.45, 2.75) is 19.3 Å². The second-order valence-electron chi connectivity index (χ2n) is 5.84. The fraction of sp³-hybridized carbons (Fsp3) is 0.158. The van der Waals surface area contributed by atoms with Crippen LogP contribution in [-0.4, -0.2) is 16.0 Å². The van der Waals surface area contributed by atoms with Crippen LogP contribution >= 0.6 is 11.3 Å². The Morgan fingerprint density at radius 2 is 2.00 bits per heavy atom. The number of aromatic hydroxyl groups is 1. The molecule has 0 unspecified atom stereocenters. The first-order chi connectivity index (χ1) is 11.7. The fourth-order valence-corrected chi connectivity index (χ4v) is 3.99. The SMILES string of the molecule is O=C(Cc1ccccc1)Nc1nc2c(s1)CCc1cc(O)ccc1-2. The van der Waals surface area contributed by atoms with E-state index in [0.29, 0.717) is 11.6 Å². The normalized spacial score (nSPS) is 12.3. The minimum absolute atomic E-state index is 0.0572. The Kier molecular flexibility index (Phi) is 3.78. The molecule has 1 aromatic heterocycles. The highest BCUT2D eigenvalue weighted by Crippen LogP contribution is 2.39. The van der Waals surface area contributed by atoms with Crippen molar-refractivity contribution in [1.82, 2.24) is 4.98 Å². The van der Waals surface area contributed by atoms with Crippen molar-refractivity contribution in [3.8, 4) is 17.0 Å². The number of rotatable bonds is 3. The van der Waals surface area contributed by atoms with Crippen LogP contribution in [0.3, 0.4) is 0 Å². The van der Waals surface area contributed by atoms with Crippen LogP contribution in [0.1, 0.15) is 16.0 Å². The maximum Gasteiger partial charge on any atom is 0.230 e. The minimum atomic E-state index is -0.0572. The monoisotopic (exact) mass is 336 g/mol. The zero-order valence-corrected chi connectivity index (χ0v) is 13.8. The number of phenolic OH excluding ortho intramolecular Hbond substituents is 1. The van der Waals surface area contributed by atoms with Crippen LogP contribution in [0.15, 0.2) is 48.5 Å². The number of nitrogens with zero attached hydrogens (tertiary/aromatic N) is 1. The fourth-order valence-electron chi connectivity index (χ4n) is 3.00. The highest BCUT2D eigenvalue weighted by atomic mass is 32.1. The van der Waals surface area contributed by atoms with Gasteiger partial charge in [0.1, 0.15) is 5.75 Å². The molecule has 1 aliphatic carbocycles. The third kappa shape index (κ3) is 2.90. The van der Waals surface area contributed by atoms with Crippen LogP contribution in [-0.2, 0) is 24.1 Å². The lowest BCUT2D eigenvalue weighted by Gasteiger charge is -2.14. The molecule has 1 aliphatic rings. The smallest absolute Gasteiger partial charge is 0.230 e. The number of fused-ring (bicyclic) bond motifs is 3. The first-order valence-corrected chi connectivity index (χ1v) is 8.66. The van der Waals surface area contributed by atoms with E-state index in [-0.39, 0.29) is 11.7 Å². The first-order valence-electron chi connectivity index (χ1n) is 7.85. The van der Waals surface area contributed by atoms with Gasteiger partial charge in [-0.25, -0.2) is 4.98 Å². The maximum atomic E-state index is 12.2. The molecule has 4 rings (SSSR count). The van der Waals surface area contributed by atoms with E-state index in [2.05, 4.69) is 10.3 Å². The Bertz CT molecular complexity index is 903. The zero-order chi connectivity index (χ0) is 16.5.